The predicted molar refractivity (Wildman–Crippen MR) is 73.9 cm³/mol. The highest BCUT2D eigenvalue weighted by atomic mass is 16.5. The lowest BCUT2D eigenvalue weighted by atomic mass is 9.94. The molecular formula is C15H27NO3. The van der Waals surface area contributed by atoms with E-state index in [2.05, 4.69) is 5.32 Å². The molecule has 2 aliphatic rings. The van der Waals surface area contributed by atoms with Crippen LogP contribution in [0.4, 0.5) is 0 Å². The fraction of sp³-hybridized carbons (Fsp3) is 0.933. The summed E-state index contributed by atoms with van der Waals surface area (Å²) < 4.78 is 11.1. The third-order valence-electron chi connectivity index (χ3n) is 4.10. The molecule has 0 aromatic carbocycles. The van der Waals surface area contributed by atoms with Crippen LogP contribution in [-0.4, -0.2) is 37.9 Å². The molecular weight excluding hydrogens is 242 g/mol. The van der Waals surface area contributed by atoms with Crippen molar-refractivity contribution < 1.29 is 14.3 Å². The highest BCUT2D eigenvalue weighted by Gasteiger charge is 2.51. The summed E-state index contributed by atoms with van der Waals surface area (Å²) in [5.41, 5.74) is -0.603. The van der Waals surface area contributed by atoms with Crippen LogP contribution in [-0.2, 0) is 14.3 Å². The van der Waals surface area contributed by atoms with E-state index in [4.69, 9.17) is 9.47 Å². The minimum Gasteiger partial charge on any atom is -0.465 e. The van der Waals surface area contributed by atoms with Gasteiger partial charge in [-0.05, 0) is 44.6 Å². The van der Waals surface area contributed by atoms with Gasteiger partial charge in [0.05, 0.1) is 13.2 Å². The van der Waals surface area contributed by atoms with E-state index in [0.717, 1.165) is 38.3 Å². The topological polar surface area (TPSA) is 47.6 Å². The molecule has 1 N–H and O–H groups in total. The molecule has 0 amide bonds. The van der Waals surface area contributed by atoms with Gasteiger partial charge in [0.2, 0.25) is 0 Å². The Balaban J connectivity index is 1.88. The van der Waals surface area contributed by atoms with Crippen LogP contribution < -0.4 is 5.32 Å². The molecule has 19 heavy (non-hydrogen) atoms. The number of likely N-dealkylation sites (N-methyl/N-ethyl adjacent to an activating group) is 1. The van der Waals surface area contributed by atoms with Gasteiger partial charge in [-0.1, -0.05) is 19.8 Å². The maximum absolute atomic E-state index is 12.3. The molecule has 0 heterocycles. The Morgan fingerprint density at radius 1 is 1.26 bits per heavy atom. The molecule has 110 valence electrons. The Hall–Kier alpha value is -0.610. The van der Waals surface area contributed by atoms with Crippen LogP contribution in [0, 0.1) is 11.8 Å². The van der Waals surface area contributed by atoms with E-state index in [0.29, 0.717) is 19.1 Å². The SMILES string of the molecule is CCNC(COCCC1CC1)(C(=O)OCC)C1CC1. The number of esters is 1. The average Bonchev–Trinajstić information content (AvgIpc) is 3.27. The van der Waals surface area contributed by atoms with Crippen molar-refractivity contribution in [3.63, 3.8) is 0 Å². The van der Waals surface area contributed by atoms with E-state index in [-0.39, 0.29) is 5.97 Å². The monoisotopic (exact) mass is 269 g/mol. The molecule has 0 aromatic heterocycles. The summed E-state index contributed by atoms with van der Waals surface area (Å²) in [6, 6.07) is 0. The van der Waals surface area contributed by atoms with Crippen molar-refractivity contribution in [2.75, 3.05) is 26.4 Å². The molecule has 2 aliphatic carbocycles. The van der Waals surface area contributed by atoms with Gasteiger partial charge in [0.25, 0.3) is 0 Å². The lowest BCUT2D eigenvalue weighted by molar-refractivity contribution is -0.155. The summed E-state index contributed by atoms with van der Waals surface area (Å²) in [6.45, 7) is 6.30. The number of ether oxygens (including phenoxy) is 2. The van der Waals surface area contributed by atoms with Crippen LogP contribution >= 0.6 is 0 Å². The van der Waals surface area contributed by atoms with Gasteiger partial charge in [-0.2, -0.15) is 0 Å². The van der Waals surface area contributed by atoms with Gasteiger partial charge < -0.3 is 9.47 Å². The molecule has 0 saturated heterocycles. The number of hydrogen-bond acceptors (Lipinski definition) is 4. The smallest absolute Gasteiger partial charge is 0.329 e. The first-order valence-corrected chi connectivity index (χ1v) is 7.73. The Kier molecular flexibility index (Phi) is 5.22. The summed E-state index contributed by atoms with van der Waals surface area (Å²) in [4.78, 5) is 12.3. The normalized spacial score (nSPS) is 22.0. The van der Waals surface area contributed by atoms with Crippen molar-refractivity contribution in [3.8, 4) is 0 Å². The van der Waals surface area contributed by atoms with Crippen molar-refractivity contribution in [2.24, 2.45) is 11.8 Å². The number of rotatable bonds is 10. The first-order valence-electron chi connectivity index (χ1n) is 7.73. The second-order valence-electron chi connectivity index (χ2n) is 5.78. The van der Waals surface area contributed by atoms with Gasteiger partial charge in [0.15, 0.2) is 0 Å². The lowest BCUT2D eigenvalue weighted by Crippen LogP contribution is -2.58. The van der Waals surface area contributed by atoms with Crippen LogP contribution in [0.1, 0.15) is 46.0 Å². The Labute approximate surface area is 116 Å². The summed E-state index contributed by atoms with van der Waals surface area (Å²) in [5.74, 6) is 1.12. The standard InChI is InChI=1S/C15H27NO3/c1-3-16-15(13-7-8-13,14(17)19-4-2)11-18-10-9-12-5-6-12/h12-13,16H,3-11H2,1-2H3. The maximum atomic E-state index is 12.3. The minimum absolute atomic E-state index is 0.134. The number of nitrogens with one attached hydrogen (secondary N) is 1. The molecule has 0 radical (unpaired) electrons. The summed E-state index contributed by atoms with van der Waals surface area (Å²) in [7, 11) is 0. The van der Waals surface area contributed by atoms with Crippen LogP contribution in [0.25, 0.3) is 0 Å². The first kappa shape index (κ1) is 14.8. The van der Waals surface area contributed by atoms with Crippen molar-refractivity contribution in [3.05, 3.63) is 0 Å². The van der Waals surface area contributed by atoms with E-state index in [1.165, 1.54) is 12.8 Å². The molecule has 0 spiro atoms. The van der Waals surface area contributed by atoms with E-state index in [1.807, 2.05) is 13.8 Å². The van der Waals surface area contributed by atoms with E-state index in [9.17, 15) is 4.79 Å². The van der Waals surface area contributed by atoms with Gasteiger partial charge >= 0.3 is 5.97 Å². The molecule has 4 nitrogen and oxygen atoms in total. The summed E-state index contributed by atoms with van der Waals surface area (Å²) in [6.07, 6.45) is 6.02. The highest BCUT2D eigenvalue weighted by molar-refractivity contribution is 5.82. The van der Waals surface area contributed by atoms with E-state index >= 15 is 0 Å². The van der Waals surface area contributed by atoms with Crippen molar-refractivity contribution in [1.29, 1.82) is 0 Å². The lowest BCUT2D eigenvalue weighted by Gasteiger charge is -2.32. The minimum atomic E-state index is -0.603. The zero-order chi connectivity index (χ0) is 13.7. The molecule has 0 aromatic rings. The van der Waals surface area contributed by atoms with Crippen LogP contribution in [0.2, 0.25) is 0 Å². The summed E-state index contributed by atoms with van der Waals surface area (Å²) >= 11 is 0. The molecule has 0 bridgehead atoms. The van der Waals surface area contributed by atoms with Crippen molar-refractivity contribution >= 4 is 5.97 Å². The predicted octanol–water partition coefficient (Wildman–Crippen LogP) is 2.12. The largest absolute Gasteiger partial charge is 0.465 e. The Bertz CT molecular complexity index is 300. The maximum Gasteiger partial charge on any atom is 0.329 e. The highest BCUT2D eigenvalue weighted by Crippen LogP contribution is 2.41. The van der Waals surface area contributed by atoms with Crippen molar-refractivity contribution in [2.45, 2.75) is 51.5 Å². The third-order valence-corrected chi connectivity index (χ3v) is 4.10. The molecule has 0 aliphatic heterocycles. The Morgan fingerprint density at radius 2 is 2.00 bits per heavy atom. The van der Waals surface area contributed by atoms with Crippen molar-refractivity contribution in [1.82, 2.24) is 5.32 Å². The molecule has 4 heteroatoms. The van der Waals surface area contributed by atoms with Crippen LogP contribution in [0.5, 0.6) is 0 Å². The van der Waals surface area contributed by atoms with Crippen LogP contribution in [0.15, 0.2) is 0 Å². The third kappa shape index (κ3) is 3.93. The van der Waals surface area contributed by atoms with E-state index < -0.39 is 5.54 Å². The second-order valence-corrected chi connectivity index (χ2v) is 5.78. The fourth-order valence-corrected chi connectivity index (χ4v) is 2.65. The molecule has 1 unspecified atom stereocenters. The molecule has 2 fully saturated rings. The molecule has 2 saturated carbocycles. The second kappa shape index (κ2) is 6.71. The fourth-order valence-electron chi connectivity index (χ4n) is 2.65. The quantitative estimate of drug-likeness (QED) is 0.487. The molecule has 1 atom stereocenters. The average molecular weight is 269 g/mol. The Morgan fingerprint density at radius 3 is 2.53 bits per heavy atom. The zero-order valence-electron chi connectivity index (χ0n) is 12.2. The van der Waals surface area contributed by atoms with Gasteiger partial charge in [-0.3, -0.25) is 5.32 Å². The van der Waals surface area contributed by atoms with Gasteiger partial charge in [-0.15, -0.1) is 0 Å². The van der Waals surface area contributed by atoms with Gasteiger partial charge in [0, 0.05) is 6.61 Å². The van der Waals surface area contributed by atoms with Gasteiger partial charge in [-0.25, -0.2) is 4.79 Å². The first-order chi connectivity index (χ1) is 9.23. The van der Waals surface area contributed by atoms with Crippen LogP contribution in [0.3, 0.4) is 0 Å². The summed E-state index contributed by atoms with van der Waals surface area (Å²) in [5, 5.41) is 3.35. The van der Waals surface area contributed by atoms with Gasteiger partial charge in [0.1, 0.15) is 5.54 Å². The zero-order valence-corrected chi connectivity index (χ0v) is 12.2. The number of carbonyl (C=O) groups is 1. The number of carbonyl (C=O) groups excluding carboxylic acids is 1. The molecule has 2 rings (SSSR count). The van der Waals surface area contributed by atoms with E-state index in [1.54, 1.807) is 0 Å². The number of hydrogen-bond donors (Lipinski definition) is 1.